The summed E-state index contributed by atoms with van der Waals surface area (Å²) in [6.07, 6.45) is 10.7. The predicted octanol–water partition coefficient (Wildman–Crippen LogP) is 3.38. The average molecular weight is 182 g/mol. The van der Waals surface area contributed by atoms with Gasteiger partial charge in [0.15, 0.2) is 0 Å². The van der Waals surface area contributed by atoms with E-state index >= 15 is 0 Å². The SMILES string of the molecule is CCOC1CCCC(CC2CC2)C1. The van der Waals surface area contributed by atoms with Gasteiger partial charge in [-0.05, 0) is 38.0 Å². The third-order valence-electron chi connectivity index (χ3n) is 3.50. The van der Waals surface area contributed by atoms with Crippen molar-refractivity contribution in [3.63, 3.8) is 0 Å². The lowest BCUT2D eigenvalue weighted by atomic mass is 9.84. The van der Waals surface area contributed by atoms with Crippen molar-refractivity contribution < 1.29 is 4.74 Å². The van der Waals surface area contributed by atoms with Gasteiger partial charge in [-0.25, -0.2) is 0 Å². The maximum absolute atomic E-state index is 5.72. The Bertz CT molecular complexity index is 149. The van der Waals surface area contributed by atoms with Crippen LogP contribution in [-0.2, 0) is 4.74 Å². The summed E-state index contributed by atoms with van der Waals surface area (Å²) in [6, 6.07) is 0. The van der Waals surface area contributed by atoms with Gasteiger partial charge in [-0.15, -0.1) is 0 Å². The van der Waals surface area contributed by atoms with Gasteiger partial charge in [0.25, 0.3) is 0 Å². The van der Waals surface area contributed by atoms with Crippen molar-refractivity contribution in [3.05, 3.63) is 0 Å². The van der Waals surface area contributed by atoms with Crippen LogP contribution in [0.15, 0.2) is 0 Å². The van der Waals surface area contributed by atoms with Gasteiger partial charge in [0.1, 0.15) is 0 Å². The normalized spacial score (nSPS) is 34.8. The third kappa shape index (κ3) is 2.98. The molecule has 0 saturated heterocycles. The van der Waals surface area contributed by atoms with E-state index < -0.39 is 0 Å². The summed E-state index contributed by atoms with van der Waals surface area (Å²) in [7, 11) is 0. The lowest BCUT2D eigenvalue weighted by Gasteiger charge is -2.28. The van der Waals surface area contributed by atoms with Crippen molar-refractivity contribution in [2.45, 2.75) is 58.0 Å². The van der Waals surface area contributed by atoms with Gasteiger partial charge >= 0.3 is 0 Å². The van der Waals surface area contributed by atoms with Gasteiger partial charge in [-0.3, -0.25) is 0 Å². The largest absolute Gasteiger partial charge is 0.378 e. The summed E-state index contributed by atoms with van der Waals surface area (Å²) >= 11 is 0. The van der Waals surface area contributed by atoms with Crippen LogP contribution in [0.4, 0.5) is 0 Å². The van der Waals surface area contributed by atoms with Crippen molar-refractivity contribution in [1.82, 2.24) is 0 Å². The van der Waals surface area contributed by atoms with Crippen LogP contribution >= 0.6 is 0 Å². The molecular formula is C12H22O. The fraction of sp³-hybridized carbons (Fsp3) is 1.00. The molecular weight excluding hydrogens is 160 g/mol. The molecule has 0 aromatic heterocycles. The van der Waals surface area contributed by atoms with Gasteiger partial charge in [-0.2, -0.15) is 0 Å². The van der Waals surface area contributed by atoms with Crippen LogP contribution in [0.25, 0.3) is 0 Å². The van der Waals surface area contributed by atoms with Crippen LogP contribution in [0, 0.1) is 11.8 Å². The van der Waals surface area contributed by atoms with Crippen LogP contribution < -0.4 is 0 Å². The lowest BCUT2D eigenvalue weighted by Crippen LogP contribution is -2.23. The molecule has 1 nitrogen and oxygen atoms in total. The predicted molar refractivity (Wildman–Crippen MR) is 54.7 cm³/mol. The first-order chi connectivity index (χ1) is 6.38. The van der Waals surface area contributed by atoms with Crippen molar-refractivity contribution >= 4 is 0 Å². The van der Waals surface area contributed by atoms with E-state index in [1.807, 2.05) is 0 Å². The second-order valence-corrected chi connectivity index (χ2v) is 4.79. The molecule has 0 aromatic carbocycles. The zero-order valence-corrected chi connectivity index (χ0v) is 8.80. The first-order valence-electron chi connectivity index (χ1n) is 6.00. The highest BCUT2D eigenvalue weighted by Gasteiger charge is 2.29. The van der Waals surface area contributed by atoms with E-state index in [0.717, 1.165) is 18.4 Å². The van der Waals surface area contributed by atoms with Crippen molar-refractivity contribution in [2.75, 3.05) is 6.61 Å². The summed E-state index contributed by atoms with van der Waals surface area (Å²) in [5, 5.41) is 0. The second kappa shape index (κ2) is 4.45. The van der Waals surface area contributed by atoms with Gasteiger partial charge in [0.05, 0.1) is 6.10 Å². The van der Waals surface area contributed by atoms with Crippen LogP contribution in [0.3, 0.4) is 0 Å². The van der Waals surface area contributed by atoms with Crippen molar-refractivity contribution in [3.8, 4) is 0 Å². The monoisotopic (exact) mass is 182 g/mol. The molecule has 2 rings (SSSR count). The Labute approximate surface area is 81.9 Å². The third-order valence-corrected chi connectivity index (χ3v) is 3.50. The molecule has 2 atom stereocenters. The lowest BCUT2D eigenvalue weighted by molar-refractivity contribution is 0.0183. The van der Waals surface area contributed by atoms with Gasteiger partial charge in [0, 0.05) is 6.61 Å². The minimum absolute atomic E-state index is 0.600. The first-order valence-corrected chi connectivity index (χ1v) is 6.00. The molecule has 13 heavy (non-hydrogen) atoms. The van der Waals surface area contributed by atoms with E-state index in [1.54, 1.807) is 0 Å². The molecule has 0 N–H and O–H groups in total. The molecule has 0 radical (unpaired) electrons. The highest BCUT2D eigenvalue weighted by atomic mass is 16.5. The Balaban J connectivity index is 1.70. The minimum atomic E-state index is 0.600. The molecule has 2 fully saturated rings. The molecule has 2 aliphatic carbocycles. The van der Waals surface area contributed by atoms with E-state index in [0.29, 0.717) is 6.10 Å². The Morgan fingerprint density at radius 3 is 2.62 bits per heavy atom. The van der Waals surface area contributed by atoms with E-state index in [-0.39, 0.29) is 0 Å². The van der Waals surface area contributed by atoms with Crippen LogP contribution in [0.2, 0.25) is 0 Å². The Kier molecular flexibility index (Phi) is 3.26. The van der Waals surface area contributed by atoms with Crippen LogP contribution in [0.1, 0.15) is 51.9 Å². The molecule has 2 saturated carbocycles. The van der Waals surface area contributed by atoms with E-state index in [1.165, 1.54) is 44.9 Å². The topological polar surface area (TPSA) is 9.23 Å². The highest BCUT2D eigenvalue weighted by Crippen LogP contribution is 2.40. The molecule has 0 amide bonds. The quantitative estimate of drug-likeness (QED) is 0.647. The van der Waals surface area contributed by atoms with Crippen LogP contribution in [0.5, 0.6) is 0 Å². The highest BCUT2D eigenvalue weighted by molar-refractivity contribution is 4.81. The summed E-state index contributed by atoms with van der Waals surface area (Å²) in [6.45, 7) is 3.02. The van der Waals surface area contributed by atoms with Crippen molar-refractivity contribution in [1.29, 1.82) is 0 Å². The zero-order chi connectivity index (χ0) is 9.10. The summed E-state index contributed by atoms with van der Waals surface area (Å²) in [4.78, 5) is 0. The standard InChI is InChI=1S/C12H22O/c1-2-13-12-5-3-4-11(9-12)8-10-6-7-10/h10-12H,2-9H2,1H3. The van der Waals surface area contributed by atoms with Gasteiger partial charge in [-0.1, -0.05) is 25.7 Å². The summed E-state index contributed by atoms with van der Waals surface area (Å²) < 4.78 is 5.72. The fourth-order valence-electron chi connectivity index (χ4n) is 2.67. The number of hydrogen-bond acceptors (Lipinski definition) is 1. The molecule has 2 aliphatic rings. The minimum Gasteiger partial charge on any atom is -0.378 e. The maximum atomic E-state index is 5.72. The fourth-order valence-corrected chi connectivity index (χ4v) is 2.67. The Morgan fingerprint density at radius 1 is 1.08 bits per heavy atom. The zero-order valence-electron chi connectivity index (χ0n) is 8.80. The Hall–Kier alpha value is -0.0400. The first kappa shape index (κ1) is 9.51. The van der Waals surface area contributed by atoms with Gasteiger partial charge < -0.3 is 4.74 Å². The van der Waals surface area contributed by atoms with Crippen molar-refractivity contribution in [2.24, 2.45) is 11.8 Å². The number of rotatable bonds is 4. The van der Waals surface area contributed by atoms with E-state index in [2.05, 4.69) is 6.92 Å². The Morgan fingerprint density at radius 2 is 1.92 bits per heavy atom. The average Bonchev–Trinajstić information content (AvgIpc) is 2.90. The van der Waals surface area contributed by atoms with E-state index in [4.69, 9.17) is 4.74 Å². The molecule has 0 aromatic rings. The molecule has 0 heterocycles. The summed E-state index contributed by atoms with van der Waals surface area (Å²) in [5.74, 6) is 2.10. The molecule has 2 unspecified atom stereocenters. The molecule has 0 spiro atoms. The number of hydrogen-bond donors (Lipinski definition) is 0. The summed E-state index contributed by atoms with van der Waals surface area (Å²) in [5.41, 5.74) is 0. The second-order valence-electron chi connectivity index (χ2n) is 4.79. The number of ether oxygens (including phenoxy) is 1. The molecule has 0 bridgehead atoms. The van der Waals surface area contributed by atoms with Crippen LogP contribution in [-0.4, -0.2) is 12.7 Å². The van der Waals surface area contributed by atoms with E-state index in [9.17, 15) is 0 Å². The molecule has 0 aliphatic heterocycles. The smallest absolute Gasteiger partial charge is 0.0577 e. The maximum Gasteiger partial charge on any atom is 0.0577 e. The molecule has 76 valence electrons. The molecule has 1 heteroatoms. The van der Waals surface area contributed by atoms with Gasteiger partial charge in [0.2, 0.25) is 0 Å².